The summed E-state index contributed by atoms with van der Waals surface area (Å²) in [5, 5.41) is 5.02. The molecule has 3 heteroatoms. The summed E-state index contributed by atoms with van der Waals surface area (Å²) >= 11 is 0. The number of para-hydroxylation sites is 1. The summed E-state index contributed by atoms with van der Waals surface area (Å²) < 4.78 is 5.26. The van der Waals surface area contributed by atoms with Crippen LogP contribution in [0.2, 0.25) is 0 Å². The molecule has 2 N–H and O–H groups in total. The maximum absolute atomic E-state index is 5.81. The van der Waals surface area contributed by atoms with Gasteiger partial charge in [0.15, 0.2) is 5.58 Å². The summed E-state index contributed by atoms with van der Waals surface area (Å²) in [6.07, 6.45) is 0. The minimum Gasteiger partial charge on any atom is -0.396 e. The van der Waals surface area contributed by atoms with E-state index in [9.17, 15) is 0 Å². The van der Waals surface area contributed by atoms with E-state index < -0.39 is 0 Å². The van der Waals surface area contributed by atoms with Crippen molar-refractivity contribution in [3.63, 3.8) is 0 Å². The summed E-state index contributed by atoms with van der Waals surface area (Å²) in [6.45, 7) is 0. The quantitative estimate of drug-likeness (QED) is 0.628. The van der Waals surface area contributed by atoms with Crippen molar-refractivity contribution in [3.05, 3.63) is 48.5 Å². The third kappa shape index (κ3) is 1.26. The topological polar surface area (TPSA) is 52.0 Å². The van der Waals surface area contributed by atoms with Crippen LogP contribution in [0.3, 0.4) is 0 Å². The highest BCUT2D eigenvalue weighted by Gasteiger charge is 2.11. The Balaban J connectivity index is 2.30. The van der Waals surface area contributed by atoms with E-state index in [1.165, 1.54) is 0 Å². The molecular formula is C13H10N2O. The molecule has 0 atom stereocenters. The summed E-state index contributed by atoms with van der Waals surface area (Å²) in [7, 11) is 0. The Bertz CT molecular complexity index is 629. The first-order chi connectivity index (χ1) is 7.86. The van der Waals surface area contributed by atoms with Gasteiger partial charge in [-0.3, -0.25) is 0 Å². The molecule has 3 aromatic rings. The normalized spacial score (nSPS) is 10.8. The maximum Gasteiger partial charge on any atom is 0.190 e. The van der Waals surface area contributed by atoms with Crippen molar-refractivity contribution in [1.29, 1.82) is 0 Å². The van der Waals surface area contributed by atoms with Crippen LogP contribution >= 0.6 is 0 Å². The fourth-order valence-electron chi connectivity index (χ4n) is 1.79. The minimum atomic E-state index is 0.618. The zero-order valence-electron chi connectivity index (χ0n) is 8.55. The number of nitrogens with two attached hydrogens (primary N) is 1. The molecule has 16 heavy (non-hydrogen) atoms. The molecule has 0 unspecified atom stereocenters. The van der Waals surface area contributed by atoms with E-state index in [0.717, 1.165) is 16.6 Å². The summed E-state index contributed by atoms with van der Waals surface area (Å²) in [4.78, 5) is 0. The Labute approximate surface area is 92.5 Å². The summed E-state index contributed by atoms with van der Waals surface area (Å²) in [6, 6.07) is 15.6. The van der Waals surface area contributed by atoms with Crippen molar-refractivity contribution in [2.45, 2.75) is 0 Å². The molecule has 78 valence electrons. The SMILES string of the molecule is Nc1cccc2c(-c3ccccc3)noc12. The number of nitrogens with zero attached hydrogens (tertiary/aromatic N) is 1. The second-order valence-corrected chi connectivity index (χ2v) is 3.62. The number of anilines is 1. The molecule has 0 saturated carbocycles. The molecule has 0 radical (unpaired) electrons. The van der Waals surface area contributed by atoms with Gasteiger partial charge in [0.05, 0.1) is 11.1 Å². The molecule has 0 aliphatic rings. The van der Waals surface area contributed by atoms with E-state index in [1.54, 1.807) is 0 Å². The molecule has 1 heterocycles. The highest BCUT2D eigenvalue weighted by molar-refractivity contribution is 5.97. The predicted octanol–water partition coefficient (Wildman–Crippen LogP) is 3.08. The number of fused-ring (bicyclic) bond motifs is 1. The highest BCUT2D eigenvalue weighted by atomic mass is 16.5. The van der Waals surface area contributed by atoms with E-state index in [-0.39, 0.29) is 0 Å². The number of rotatable bonds is 1. The van der Waals surface area contributed by atoms with E-state index in [2.05, 4.69) is 5.16 Å². The molecule has 0 spiro atoms. The van der Waals surface area contributed by atoms with Crippen molar-refractivity contribution in [2.24, 2.45) is 0 Å². The number of hydrogen-bond acceptors (Lipinski definition) is 3. The van der Waals surface area contributed by atoms with Crippen LogP contribution in [-0.4, -0.2) is 5.16 Å². The van der Waals surface area contributed by atoms with Gasteiger partial charge in [0.25, 0.3) is 0 Å². The van der Waals surface area contributed by atoms with Crippen LogP contribution in [-0.2, 0) is 0 Å². The highest BCUT2D eigenvalue weighted by Crippen LogP contribution is 2.30. The molecule has 0 aliphatic carbocycles. The number of benzene rings is 2. The Morgan fingerprint density at radius 1 is 0.938 bits per heavy atom. The van der Waals surface area contributed by atoms with Crippen molar-refractivity contribution in [1.82, 2.24) is 5.16 Å². The molecule has 3 rings (SSSR count). The Morgan fingerprint density at radius 2 is 1.75 bits per heavy atom. The third-order valence-electron chi connectivity index (χ3n) is 2.58. The molecular weight excluding hydrogens is 200 g/mol. The zero-order chi connectivity index (χ0) is 11.0. The Hall–Kier alpha value is -2.29. The van der Waals surface area contributed by atoms with Crippen LogP contribution in [0.1, 0.15) is 0 Å². The maximum atomic E-state index is 5.81. The van der Waals surface area contributed by atoms with Crippen molar-refractivity contribution in [2.75, 3.05) is 5.73 Å². The second-order valence-electron chi connectivity index (χ2n) is 3.62. The summed E-state index contributed by atoms with van der Waals surface area (Å²) in [5.41, 5.74) is 8.96. The van der Waals surface area contributed by atoms with Crippen molar-refractivity contribution < 1.29 is 4.52 Å². The number of hydrogen-bond donors (Lipinski definition) is 1. The molecule has 1 aromatic heterocycles. The fourth-order valence-corrected chi connectivity index (χ4v) is 1.79. The van der Waals surface area contributed by atoms with Crippen LogP contribution in [0.15, 0.2) is 53.1 Å². The average molecular weight is 210 g/mol. The summed E-state index contributed by atoms with van der Waals surface area (Å²) in [5.74, 6) is 0. The van der Waals surface area contributed by atoms with Crippen molar-refractivity contribution >= 4 is 16.7 Å². The van der Waals surface area contributed by atoms with Crippen LogP contribution in [0, 0.1) is 0 Å². The largest absolute Gasteiger partial charge is 0.396 e. The molecule has 0 fully saturated rings. The van der Waals surface area contributed by atoms with Gasteiger partial charge in [0.1, 0.15) is 5.69 Å². The van der Waals surface area contributed by atoms with Gasteiger partial charge in [-0.05, 0) is 12.1 Å². The van der Waals surface area contributed by atoms with Crippen LogP contribution in [0.5, 0.6) is 0 Å². The van der Waals surface area contributed by atoms with Gasteiger partial charge in [-0.25, -0.2) is 0 Å². The first kappa shape index (κ1) is 8.97. The zero-order valence-corrected chi connectivity index (χ0v) is 8.55. The van der Waals surface area contributed by atoms with Gasteiger partial charge in [0, 0.05) is 5.56 Å². The monoisotopic (exact) mass is 210 g/mol. The molecule has 0 saturated heterocycles. The smallest absolute Gasteiger partial charge is 0.190 e. The van der Waals surface area contributed by atoms with Crippen LogP contribution in [0.25, 0.3) is 22.2 Å². The van der Waals surface area contributed by atoms with Crippen LogP contribution < -0.4 is 5.73 Å². The average Bonchev–Trinajstić information content (AvgIpc) is 2.75. The first-order valence-corrected chi connectivity index (χ1v) is 5.05. The molecule has 2 aromatic carbocycles. The molecule has 0 bridgehead atoms. The van der Waals surface area contributed by atoms with E-state index in [1.807, 2.05) is 48.5 Å². The number of aromatic nitrogens is 1. The van der Waals surface area contributed by atoms with Gasteiger partial charge in [-0.15, -0.1) is 0 Å². The van der Waals surface area contributed by atoms with E-state index in [0.29, 0.717) is 11.3 Å². The third-order valence-corrected chi connectivity index (χ3v) is 2.58. The predicted molar refractivity (Wildman–Crippen MR) is 63.9 cm³/mol. The minimum absolute atomic E-state index is 0.618. The van der Waals surface area contributed by atoms with Gasteiger partial charge >= 0.3 is 0 Å². The molecule has 0 amide bonds. The lowest BCUT2D eigenvalue weighted by Crippen LogP contribution is -1.83. The van der Waals surface area contributed by atoms with Gasteiger partial charge in [0.2, 0.25) is 0 Å². The van der Waals surface area contributed by atoms with Gasteiger partial charge in [-0.1, -0.05) is 41.6 Å². The second kappa shape index (κ2) is 3.38. The van der Waals surface area contributed by atoms with Gasteiger partial charge in [-0.2, -0.15) is 0 Å². The Kier molecular flexibility index (Phi) is 1.90. The number of nitrogen functional groups attached to an aromatic ring is 1. The molecule has 0 aliphatic heterocycles. The standard InChI is InChI=1S/C13H10N2O/c14-11-8-4-7-10-12(15-16-13(10)11)9-5-2-1-3-6-9/h1-8H,14H2. The lowest BCUT2D eigenvalue weighted by molar-refractivity contribution is 0.460. The van der Waals surface area contributed by atoms with Gasteiger partial charge < -0.3 is 10.3 Å². The Morgan fingerprint density at radius 3 is 2.56 bits per heavy atom. The lowest BCUT2D eigenvalue weighted by Gasteiger charge is -1.96. The molecule has 3 nitrogen and oxygen atoms in total. The van der Waals surface area contributed by atoms with E-state index >= 15 is 0 Å². The van der Waals surface area contributed by atoms with Crippen molar-refractivity contribution in [3.8, 4) is 11.3 Å². The first-order valence-electron chi connectivity index (χ1n) is 5.05. The lowest BCUT2D eigenvalue weighted by atomic mass is 10.1. The fraction of sp³-hybridized carbons (Fsp3) is 0. The van der Waals surface area contributed by atoms with E-state index in [4.69, 9.17) is 10.3 Å². The van der Waals surface area contributed by atoms with Crippen LogP contribution in [0.4, 0.5) is 5.69 Å².